The number of methoxy groups -OCH3 is 1. The number of rotatable bonds is 9. The van der Waals surface area contributed by atoms with Crippen LogP contribution in [-0.2, 0) is 40.2 Å². The van der Waals surface area contributed by atoms with Crippen molar-refractivity contribution in [3.8, 4) is 0 Å². The third kappa shape index (κ3) is 5.60. The first kappa shape index (κ1) is 25.2. The molecule has 2 aromatic carbocycles. The highest BCUT2D eigenvalue weighted by Crippen LogP contribution is 2.31. The number of aromatic nitrogens is 3. The van der Waals surface area contributed by atoms with E-state index in [1.165, 1.54) is 18.2 Å². The molecule has 0 amide bonds. The normalized spacial score (nSPS) is 14.4. The molecule has 0 unspecified atom stereocenters. The number of carbonyl (C=O) groups is 1. The second-order valence-corrected chi connectivity index (χ2v) is 9.72. The van der Waals surface area contributed by atoms with Crippen molar-refractivity contribution in [3.63, 3.8) is 0 Å². The van der Waals surface area contributed by atoms with Crippen LogP contribution in [0.3, 0.4) is 0 Å². The summed E-state index contributed by atoms with van der Waals surface area (Å²) in [6.45, 7) is 7.41. The Morgan fingerprint density at radius 3 is 2.43 bits per heavy atom. The molecule has 37 heavy (non-hydrogen) atoms. The van der Waals surface area contributed by atoms with Crippen molar-refractivity contribution in [2.24, 2.45) is 0 Å². The number of hydrogen-bond donors (Lipinski definition) is 1. The second kappa shape index (κ2) is 11.3. The Hall–Kier alpha value is -3.49. The van der Waals surface area contributed by atoms with Crippen molar-refractivity contribution in [3.05, 3.63) is 65.0 Å². The Kier molecular flexibility index (Phi) is 7.67. The van der Waals surface area contributed by atoms with E-state index in [1.54, 1.807) is 0 Å². The van der Waals surface area contributed by atoms with Gasteiger partial charge in [-0.2, -0.15) is 0 Å². The van der Waals surface area contributed by atoms with E-state index in [0.717, 1.165) is 85.4 Å². The van der Waals surface area contributed by atoms with Gasteiger partial charge in [0.2, 0.25) is 0 Å². The van der Waals surface area contributed by atoms with Crippen LogP contribution in [0.15, 0.2) is 42.5 Å². The van der Waals surface area contributed by atoms with Crippen LogP contribution in [0.2, 0.25) is 0 Å². The SMILES string of the molecule is CCCCc1nc2c(N)nc3cc(CC(=O)OC)ccc3c2n1Cc1ccc(CN2CCOCC2)cc1. The Morgan fingerprint density at radius 2 is 1.73 bits per heavy atom. The second-order valence-electron chi connectivity index (χ2n) is 9.72. The van der Waals surface area contributed by atoms with Crippen LogP contribution in [0.5, 0.6) is 0 Å². The number of hydrogen-bond acceptors (Lipinski definition) is 7. The summed E-state index contributed by atoms with van der Waals surface area (Å²) in [7, 11) is 1.40. The van der Waals surface area contributed by atoms with Gasteiger partial charge in [0.05, 0.1) is 37.8 Å². The molecule has 1 aliphatic rings. The zero-order chi connectivity index (χ0) is 25.8. The summed E-state index contributed by atoms with van der Waals surface area (Å²) in [5, 5.41) is 0.983. The third-order valence-electron chi connectivity index (χ3n) is 7.05. The molecule has 1 fully saturated rings. The predicted molar refractivity (Wildman–Crippen MR) is 145 cm³/mol. The molecule has 0 spiro atoms. The van der Waals surface area contributed by atoms with Gasteiger partial charge in [-0.05, 0) is 29.2 Å². The maximum Gasteiger partial charge on any atom is 0.309 e. The molecule has 2 N–H and O–H groups in total. The molecule has 0 aliphatic carbocycles. The third-order valence-corrected chi connectivity index (χ3v) is 7.05. The fourth-order valence-electron chi connectivity index (χ4n) is 5.00. The van der Waals surface area contributed by atoms with E-state index in [9.17, 15) is 4.79 Å². The zero-order valence-electron chi connectivity index (χ0n) is 21.7. The van der Waals surface area contributed by atoms with E-state index in [-0.39, 0.29) is 12.4 Å². The number of benzene rings is 2. The van der Waals surface area contributed by atoms with Gasteiger partial charge in [0.25, 0.3) is 0 Å². The van der Waals surface area contributed by atoms with Crippen molar-refractivity contribution < 1.29 is 14.3 Å². The highest BCUT2D eigenvalue weighted by atomic mass is 16.5. The monoisotopic (exact) mass is 501 g/mol. The smallest absolute Gasteiger partial charge is 0.309 e. The van der Waals surface area contributed by atoms with Crippen LogP contribution < -0.4 is 5.73 Å². The van der Waals surface area contributed by atoms with Gasteiger partial charge in [0, 0.05) is 38.0 Å². The molecule has 8 nitrogen and oxygen atoms in total. The summed E-state index contributed by atoms with van der Waals surface area (Å²) in [6.07, 6.45) is 3.21. The van der Waals surface area contributed by atoms with Gasteiger partial charge in [-0.15, -0.1) is 0 Å². The van der Waals surface area contributed by atoms with Crippen molar-refractivity contribution in [1.82, 2.24) is 19.4 Å². The zero-order valence-corrected chi connectivity index (χ0v) is 21.7. The van der Waals surface area contributed by atoms with E-state index in [1.807, 2.05) is 18.2 Å². The van der Waals surface area contributed by atoms with E-state index in [0.29, 0.717) is 12.4 Å². The Morgan fingerprint density at radius 1 is 1.03 bits per heavy atom. The van der Waals surface area contributed by atoms with Crippen molar-refractivity contribution in [2.45, 2.75) is 45.7 Å². The Balaban J connectivity index is 1.50. The lowest BCUT2D eigenvalue weighted by Gasteiger charge is -2.26. The van der Waals surface area contributed by atoms with Crippen LogP contribution in [-0.4, -0.2) is 58.8 Å². The van der Waals surface area contributed by atoms with Gasteiger partial charge in [-0.25, -0.2) is 9.97 Å². The number of anilines is 1. The van der Waals surface area contributed by atoms with Crippen LogP contribution in [0, 0.1) is 0 Å². The Bertz CT molecular complexity index is 1390. The molecule has 0 radical (unpaired) electrons. The number of morpholine rings is 1. The average molecular weight is 502 g/mol. The average Bonchev–Trinajstić information content (AvgIpc) is 3.27. The number of fused-ring (bicyclic) bond motifs is 3. The van der Waals surface area contributed by atoms with E-state index >= 15 is 0 Å². The lowest BCUT2D eigenvalue weighted by Crippen LogP contribution is -2.35. The van der Waals surface area contributed by atoms with Crippen molar-refractivity contribution in [1.29, 1.82) is 0 Å². The number of nitrogens with two attached hydrogens (primary N) is 1. The fourth-order valence-corrected chi connectivity index (χ4v) is 5.00. The Labute approximate surface area is 217 Å². The standard InChI is InChI=1S/C29H35N5O3/c1-3-4-5-25-32-27-28(23-11-10-22(17-26(35)36-2)16-24(23)31-29(27)30)34(25)19-21-8-6-20(7-9-21)18-33-12-14-37-15-13-33/h6-11,16H,3-5,12-15,17-19H2,1-2H3,(H2,30,31). The van der Waals surface area contributed by atoms with Crippen LogP contribution in [0.1, 0.15) is 42.3 Å². The van der Waals surface area contributed by atoms with E-state index in [2.05, 4.69) is 45.6 Å². The van der Waals surface area contributed by atoms with Gasteiger partial charge in [-0.1, -0.05) is 49.7 Å². The number of carbonyl (C=O) groups excluding carboxylic acids is 1. The summed E-state index contributed by atoms with van der Waals surface area (Å²) < 4.78 is 12.6. The highest BCUT2D eigenvalue weighted by molar-refractivity contribution is 6.07. The number of nitrogen functional groups attached to an aromatic ring is 1. The van der Waals surface area contributed by atoms with E-state index < -0.39 is 0 Å². The molecule has 4 aromatic rings. The largest absolute Gasteiger partial charge is 0.469 e. The minimum atomic E-state index is -0.280. The molecular weight excluding hydrogens is 466 g/mol. The minimum absolute atomic E-state index is 0.198. The number of nitrogens with zero attached hydrogens (tertiary/aromatic N) is 4. The van der Waals surface area contributed by atoms with E-state index in [4.69, 9.17) is 20.2 Å². The maximum absolute atomic E-state index is 11.8. The number of unbranched alkanes of at least 4 members (excludes halogenated alkanes) is 1. The van der Waals surface area contributed by atoms with Crippen molar-refractivity contribution >= 4 is 33.7 Å². The number of pyridine rings is 1. The molecule has 8 heteroatoms. The molecule has 0 saturated carbocycles. The number of aryl methyl sites for hydroxylation is 1. The van der Waals surface area contributed by atoms with Crippen LogP contribution >= 0.6 is 0 Å². The quantitative estimate of drug-likeness (QED) is 0.345. The predicted octanol–water partition coefficient (Wildman–Crippen LogP) is 4.11. The topological polar surface area (TPSA) is 95.5 Å². The fraction of sp³-hybridized carbons (Fsp3) is 0.414. The minimum Gasteiger partial charge on any atom is -0.469 e. The summed E-state index contributed by atoms with van der Waals surface area (Å²) in [4.78, 5) is 23.8. The van der Waals surface area contributed by atoms with Crippen molar-refractivity contribution in [2.75, 3.05) is 39.1 Å². The number of imidazole rings is 1. The maximum atomic E-state index is 11.8. The molecular formula is C29H35N5O3. The first-order valence-corrected chi connectivity index (χ1v) is 13.1. The van der Waals surface area contributed by atoms with Crippen LogP contribution in [0.25, 0.3) is 21.9 Å². The molecule has 3 heterocycles. The van der Waals surface area contributed by atoms with Gasteiger partial charge < -0.3 is 19.8 Å². The highest BCUT2D eigenvalue weighted by Gasteiger charge is 2.18. The molecule has 1 aliphatic heterocycles. The molecule has 194 valence electrons. The molecule has 1 saturated heterocycles. The molecule has 0 atom stereocenters. The number of ether oxygens (including phenoxy) is 2. The summed E-state index contributed by atoms with van der Waals surface area (Å²) in [5.74, 6) is 1.15. The lowest BCUT2D eigenvalue weighted by atomic mass is 10.1. The van der Waals surface area contributed by atoms with Gasteiger partial charge in [0.1, 0.15) is 11.3 Å². The summed E-state index contributed by atoms with van der Waals surface area (Å²) in [6, 6.07) is 14.8. The van der Waals surface area contributed by atoms with Crippen LogP contribution in [0.4, 0.5) is 5.82 Å². The van der Waals surface area contributed by atoms with Gasteiger partial charge >= 0.3 is 5.97 Å². The summed E-state index contributed by atoms with van der Waals surface area (Å²) in [5.41, 5.74) is 12.3. The van der Waals surface area contributed by atoms with Gasteiger partial charge in [-0.3, -0.25) is 9.69 Å². The molecule has 2 aromatic heterocycles. The molecule has 5 rings (SSSR count). The first-order chi connectivity index (χ1) is 18.1. The molecule has 0 bridgehead atoms. The number of esters is 1. The summed E-state index contributed by atoms with van der Waals surface area (Å²) >= 11 is 0. The lowest BCUT2D eigenvalue weighted by molar-refractivity contribution is -0.139. The van der Waals surface area contributed by atoms with Gasteiger partial charge in [0.15, 0.2) is 5.82 Å². The first-order valence-electron chi connectivity index (χ1n) is 13.1.